The van der Waals surface area contributed by atoms with Gasteiger partial charge in [0.2, 0.25) is 0 Å². The Morgan fingerprint density at radius 2 is 2.16 bits per heavy atom. The lowest BCUT2D eigenvalue weighted by atomic mass is 10.0. The fourth-order valence-electron chi connectivity index (χ4n) is 3.77. The highest BCUT2D eigenvalue weighted by Crippen LogP contribution is 2.39. The molecule has 0 bridgehead atoms. The second-order valence-corrected chi connectivity index (χ2v) is 7.14. The summed E-state index contributed by atoms with van der Waals surface area (Å²) < 4.78 is 12.9. The van der Waals surface area contributed by atoms with Crippen molar-refractivity contribution in [2.45, 2.75) is 50.7 Å². The lowest BCUT2D eigenvalue weighted by molar-refractivity contribution is -0.141. The zero-order valence-corrected chi connectivity index (χ0v) is 14.3. The van der Waals surface area contributed by atoms with Gasteiger partial charge in [-0.25, -0.2) is 0 Å². The van der Waals surface area contributed by atoms with Gasteiger partial charge in [0.05, 0.1) is 0 Å². The maximum Gasteiger partial charge on any atom is 0.278 e. The predicted molar refractivity (Wildman–Crippen MR) is 86.6 cm³/mol. The molecule has 0 unspecified atom stereocenters. The monoisotopic (exact) mass is 343 g/mol. The van der Waals surface area contributed by atoms with E-state index in [1.54, 1.807) is 0 Å². The van der Waals surface area contributed by atoms with Crippen molar-refractivity contribution in [2.24, 2.45) is 7.05 Å². The van der Waals surface area contributed by atoms with E-state index in [1.165, 1.54) is 0 Å². The number of carbonyl (C=O) groups is 1. The Morgan fingerprint density at radius 3 is 2.92 bits per heavy atom. The molecule has 2 aromatic heterocycles. The number of rotatable bonds is 3. The van der Waals surface area contributed by atoms with Gasteiger partial charge < -0.3 is 14.2 Å². The quantitative estimate of drug-likeness (QED) is 0.837. The molecule has 0 radical (unpaired) electrons. The molecule has 1 atom stereocenters. The number of hydrogen-bond acceptors (Lipinski definition) is 6. The molecule has 8 nitrogen and oxygen atoms in total. The van der Waals surface area contributed by atoms with Crippen LogP contribution in [0.5, 0.6) is 0 Å². The zero-order valence-electron chi connectivity index (χ0n) is 14.3. The molecular formula is C17H21N5O3. The first-order valence-electron chi connectivity index (χ1n) is 9.00. The Balaban J connectivity index is 1.44. The fourth-order valence-corrected chi connectivity index (χ4v) is 3.77. The van der Waals surface area contributed by atoms with Gasteiger partial charge in [-0.15, -0.1) is 0 Å². The summed E-state index contributed by atoms with van der Waals surface area (Å²) in [6, 6.07) is 0. The van der Waals surface area contributed by atoms with Gasteiger partial charge in [0, 0.05) is 50.3 Å². The van der Waals surface area contributed by atoms with Crippen LogP contribution in [0.1, 0.15) is 48.7 Å². The highest BCUT2D eigenvalue weighted by molar-refractivity contribution is 5.81. The smallest absolute Gasteiger partial charge is 0.278 e. The molecule has 132 valence electrons. The van der Waals surface area contributed by atoms with Crippen LogP contribution in [0.15, 0.2) is 4.52 Å². The molecule has 5 rings (SSSR count). The lowest BCUT2D eigenvalue weighted by Crippen LogP contribution is -2.42. The molecule has 4 heterocycles. The van der Waals surface area contributed by atoms with Crippen LogP contribution in [0.2, 0.25) is 0 Å². The first-order valence-corrected chi connectivity index (χ1v) is 9.00. The van der Waals surface area contributed by atoms with Crippen LogP contribution < -0.4 is 0 Å². The molecule has 0 N–H and O–H groups in total. The van der Waals surface area contributed by atoms with Crippen LogP contribution in [-0.2, 0) is 29.5 Å². The SMILES string of the molecule is Cn1nc(-c2nc(C3CC3)no2)c2c1CCN(C(=O)[C@@H]1CCCO1)C2. The van der Waals surface area contributed by atoms with Gasteiger partial charge in [-0.2, -0.15) is 10.1 Å². The molecule has 1 saturated carbocycles. The Bertz CT molecular complexity index is 816. The zero-order chi connectivity index (χ0) is 17.0. The minimum absolute atomic E-state index is 0.0853. The second kappa shape index (κ2) is 5.66. The van der Waals surface area contributed by atoms with E-state index in [4.69, 9.17) is 9.26 Å². The fraction of sp³-hybridized carbons (Fsp3) is 0.647. The Hall–Kier alpha value is -2.22. The van der Waals surface area contributed by atoms with E-state index in [0.29, 0.717) is 37.2 Å². The van der Waals surface area contributed by atoms with Crippen molar-refractivity contribution in [2.75, 3.05) is 13.2 Å². The second-order valence-electron chi connectivity index (χ2n) is 7.14. The highest BCUT2D eigenvalue weighted by atomic mass is 16.5. The molecule has 1 amide bonds. The number of ether oxygens (including phenoxy) is 1. The summed E-state index contributed by atoms with van der Waals surface area (Å²) in [5.41, 5.74) is 2.87. The average Bonchev–Trinajstić information content (AvgIpc) is 3.04. The summed E-state index contributed by atoms with van der Waals surface area (Å²) in [7, 11) is 1.93. The number of amides is 1. The molecule has 0 aromatic carbocycles. The van der Waals surface area contributed by atoms with Gasteiger partial charge in [0.25, 0.3) is 11.8 Å². The summed E-state index contributed by atoms with van der Waals surface area (Å²) in [4.78, 5) is 19.1. The number of aromatic nitrogens is 4. The molecule has 1 aliphatic carbocycles. The minimum Gasteiger partial charge on any atom is -0.368 e. The molecule has 2 aliphatic heterocycles. The topological polar surface area (TPSA) is 86.3 Å². The number of fused-ring (bicyclic) bond motifs is 1. The Kier molecular flexibility index (Phi) is 3.41. The summed E-state index contributed by atoms with van der Waals surface area (Å²) in [6.07, 6.45) is 4.52. The summed E-state index contributed by atoms with van der Waals surface area (Å²) in [5, 5.41) is 8.69. The Morgan fingerprint density at radius 1 is 1.28 bits per heavy atom. The van der Waals surface area contributed by atoms with E-state index in [0.717, 1.165) is 49.2 Å². The van der Waals surface area contributed by atoms with Crippen LogP contribution in [0.25, 0.3) is 11.6 Å². The van der Waals surface area contributed by atoms with Gasteiger partial charge in [0.15, 0.2) is 11.5 Å². The van der Waals surface area contributed by atoms with Crippen LogP contribution in [0.3, 0.4) is 0 Å². The lowest BCUT2D eigenvalue weighted by Gasteiger charge is -2.29. The van der Waals surface area contributed by atoms with E-state index in [9.17, 15) is 4.79 Å². The molecule has 0 spiro atoms. The van der Waals surface area contributed by atoms with Crippen molar-refractivity contribution in [3.63, 3.8) is 0 Å². The largest absolute Gasteiger partial charge is 0.368 e. The molecule has 3 aliphatic rings. The van der Waals surface area contributed by atoms with Crippen LogP contribution in [0, 0.1) is 0 Å². The number of hydrogen-bond donors (Lipinski definition) is 0. The highest BCUT2D eigenvalue weighted by Gasteiger charge is 2.35. The van der Waals surface area contributed by atoms with Gasteiger partial charge >= 0.3 is 0 Å². The number of carbonyl (C=O) groups excluding carboxylic acids is 1. The normalized spacial score (nSPS) is 23.1. The van der Waals surface area contributed by atoms with Gasteiger partial charge in [-0.05, 0) is 25.7 Å². The van der Waals surface area contributed by atoms with E-state index in [1.807, 2.05) is 16.6 Å². The predicted octanol–water partition coefficient (Wildman–Crippen LogP) is 1.41. The van der Waals surface area contributed by atoms with Crippen molar-refractivity contribution < 1.29 is 14.1 Å². The third-order valence-corrected chi connectivity index (χ3v) is 5.35. The van der Waals surface area contributed by atoms with Crippen molar-refractivity contribution in [1.82, 2.24) is 24.8 Å². The minimum atomic E-state index is -0.286. The van der Waals surface area contributed by atoms with Crippen molar-refractivity contribution in [3.8, 4) is 11.6 Å². The standard InChI is InChI=1S/C17H21N5O3/c1-21-12-6-7-22(17(23)13-3-2-8-24-13)9-11(12)14(19-21)16-18-15(20-25-16)10-4-5-10/h10,13H,2-9H2,1H3/t13-/m0/s1. The van der Waals surface area contributed by atoms with Crippen molar-refractivity contribution in [3.05, 3.63) is 17.1 Å². The van der Waals surface area contributed by atoms with Crippen LogP contribution in [0.4, 0.5) is 0 Å². The van der Waals surface area contributed by atoms with Gasteiger partial charge in [-0.1, -0.05) is 5.16 Å². The van der Waals surface area contributed by atoms with Gasteiger partial charge in [0.1, 0.15) is 6.10 Å². The van der Waals surface area contributed by atoms with E-state index >= 15 is 0 Å². The molecule has 1 saturated heterocycles. The third kappa shape index (κ3) is 2.55. The average molecular weight is 343 g/mol. The van der Waals surface area contributed by atoms with Crippen molar-refractivity contribution in [1.29, 1.82) is 0 Å². The summed E-state index contributed by atoms with van der Waals surface area (Å²) in [5.74, 6) is 1.76. The van der Waals surface area contributed by atoms with E-state index < -0.39 is 0 Å². The number of nitrogens with zero attached hydrogens (tertiary/aromatic N) is 5. The molecule has 8 heteroatoms. The first-order chi connectivity index (χ1) is 12.2. The van der Waals surface area contributed by atoms with Crippen LogP contribution in [-0.4, -0.2) is 50.0 Å². The third-order valence-electron chi connectivity index (χ3n) is 5.35. The maximum atomic E-state index is 12.7. The number of aryl methyl sites for hydroxylation is 1. The molecule has 25 heavy (non-hydrogen) atoms. The van der Waals surface area contributed by atoms with E-state index in [2.05, 4.69) is 15.2 Å². The maximum absolute atomic E-state index is 12.7. The molecular weight excluding hydrogens is 322 g/mol. The summed E-state index contributed by atoms with van der Waals surface area (Å²) in [6.45, 7) is 1.90. The molecule has 2 aromatic rings. The Labute approximate surface area is 145 Å². The first kappa shape index (κ1) is 15.1. The van der Waals surface area contributed by atoms with E-state index in [-0.39, 0.29) is 12.0 Å². The van der Waals surface area contributed by atoms with Crippen LogP contribution >= 0.6 is 0 Å². The van der Waals surface area contributed by atoms with Gasteiger partial charge in [-0.3, -0.25) is 9.48 Å². The molecule has 2 fully saturated rings. The summed E-state index contributed by atoms with van der Waals surface area (Å²) >= 11 is 0. The van der Waals surface area contributed by atoms with Crippen molar-refractivity contribution >= 4 is 5.91 Å².